The molecule has 156 valence electrons. The van der Waals surface area contributed by atoms with Gasteiger partial charge in [0.15, 0.2) is 5.75 Å². The number of aliphatic imine (C=N–C) groups is 1. The Kier molecular flexibility index (Phi) is 5.04. The molecule has 2 aliphatic heterocycles. The fourth-order valence-corrected chi connectivity index (χ4v) is 3.92. The lowest BCUT2D eigenvalue weighted by molar-refractivity contribution is 0.181. The van der Waals surface area contributed by atoms with Gasteiger partial charge in [0.1, 0.15) is 17.3 Å². The van der Waals surface area contributed by atoms with Gasteiger partial charge < -0.3 is 19.9 Å². The van der Waals surface area contributed by atoms with Crippen molar-refractivity contribution in [1.82, 2.24) is 9.80 Å². The van der Waals surface area contributed by atoms with Gasteiger partial charge in [-0.2, -0.15) is 0 Å². The molecule has 2 heterocycles. The van der Waals surface area contributed by atoms with Gasteiger partial charge in [-0.1, -0.05) is 42.0 Å². The minimum Gasteiger partial charge on any atom is -0.454 e. The molecular formula is C25H24N4O2. The molecule has 0 atom stereocenters. The summed E-state index contributed by atoms with van der Waals surface area (Å²) in [5.74, 6) is 2.45. The SMILES string of the molecule is Cc1ccc2c(c1)C(N1CCN(C(=O)Nc3ccccc3)CC1)=Nc1ccccc1O2. The summed E-state index contributed by atoms with van der Waals surface area (Å²) in [5.41, 5.74) is 3.76. The van der Waals surface area contributed by atoms with E-state index < -0.39 is 0 Å². The molecule has 31 heavy (non-hydrogen) atoms. The number of hydrogen-bond donors (Lipinski definition) is 1. The van der Waals surface area contributed by atoms with E-state index in [1.807, 2.05) is 65.6 Å². The summed E-state index contributed by atoms with van der Waals surface area (Å²) >= 11 is 0. The van der Waals surface area contributed by atoms with E-state index in [9.17, 15) is 4.79 Å². The molecule has 0 spiro atoms. The molecule has 0 bridgehead atoms. The van der Waals surface area contributed by atoms with Gasteiger partial charge in [0.05, 0.1) is 5.56 Å². The Hall–Kier alpha value is -3.80. The summed E-state index contributed by atoms with van der Waals surface area (Å²) in [6.07, 6.45) is 0. The number of amides is 2. The van der Waals surface area contributed by atoms with Crippen molar-refractivity contribution in [2.45, 2.75) is 6.92 Å². The zero-order valence-corrected chi connectivity index (χ0v) is 17.4. The number of amidine groups is 1. The van der Waals surface area contributed by atoms with Crippen LogP contribution in [0.2, 0.25) is 0 Å². The van der Waals surface area contributed by atoms with E-state index in [2.05, 4.69) is 29.3 Å². The molecule has 3 aromatic carbocycles. The molecule has 0 saturated carbocycles. The summed E-state index contributed by atoms with van der Waals surface area (Å²) in [4.78, 5) is 21.7. The van der Waals surface area contributed by atoms with Crippen molar-refractivity contribution in [2.24, 2.45) is 4.99 Å². The maximum atomic E-state index is 12.7. The lowest BCUT2D eigenvalue weighted by Gasteiger charge is -2.36. The van der Waals surface area contributed by atoms with Crippen LogP contribution in [0.3, 0.4) is 0 Å². The van der Waals surface area contributed by atoms with E-state index in [1.165, 1.54) is 0 Å². The molecular weight excluding hydrogens is 388 g/mol. The normalized spacial score (nSPS) is 15.2. The quantitative estimate of drug-likeness (QED) is 0.610. The van der Waals surface area contributed by atoms with E-state index in [0.717, 1.165) is 39.8 Å². The van der Waals surface area contributed by atoms with Crippen molar-refractivity contribution in [2.75, 3.05) is 31.5 Å². The minimum absolute atomic E-state index is 0.0708. The summed E-state index contributed by atoms with van der Waals surface area (Å²) in [5, 5.41) is 2.97. The molecule has 6 heteroatoms. The lowest BCUT2D eigenvalue weighted by Crippen LogP contribution is -2.51. The summed E-state index contributed by atoms with van der Waals surface area (Å²) in [6, 6.07) is 23.5. The maximum Gasteiger partial charge on any atom is 0.321 e. The maximum absolute atomic E-state index is 12.7. The molecule has 0 aliphatic carbocycles. The fourth-order valence-electron chi connectivity index (χ4n) is 3.92. The number of anilines is 1. The molecule has 1 saturated heterocycles. The van der Waals surface area contributed by atoms with Gasteiger partial charge in [0.25, 0.3) is 0 Å². The second-order valence-corrected chi connectivity index (χ2v) is 7.78. The molecule has 0 unspecified atom stereocenters. The minimum atomic E-state index is -0.0708. The van der Waals surface area contributed by atoms with E-state index >= 15 is 0 Å². The number of aryl methyl sites for hydroxylation is 1. The fraction of sp³-hybridized carbons (Fsp3) is 0.200. The Morgan fingerprint density at radius 3 is 2.45 bits per heavy atom. The van der Waals surface area contributed by atoms with Crippen LogP contribution in [0.4, 0.5) is 16.2 Å². The van der Waals surface area contributed by atoms with Gasteiger partial charge in [0, 0.05) is 31.9 Å². The molecule has 1 N–H and O–H groups in total. The third-order valence-corrected chi connectivity index (χ3v) is 5.58. The number of carbonyl (C=O) groups is 1. The van der Waals surface area contributed by atoms with Crippen LogP contribution in [0.15, 0.2) is 77.8 Å². The molecule has 5 rings (SSSR count). The molecule has 2 amide bonds. The third-order valence-electron chi connectivity index (χ3n) is 5.58. The average Bonchev–Trinajstić information content (AvgIpc) is 2.96. The van der Waals surface area contributed by atoms with E-state index in [4.69, 9.17) is 9.73 Å². The number of carbonyl (C=O) groups excluding carboxylic acids is 1. The number of rotatable bonds is 1. The number of fused-ring (bicyclic) bond motifs is 2. The van der Waals surface area contributed by atoms with Crippen molar-refractivity contribution in [3.8, 4) is 11.5 Å². The van der Waals surface area contributed by atoms with E-state index in [1.54, 1.807) is 0 Å². The van der Waals surface area contributed by atoms with E-state index in [0.29, 0.717) is 26.2 Å². The first-order valence-corrected chi connectivity index (χ1v) is 10.5. The average molecular weight is 412 g/mol. The number of nitrogens with zero attached hydrogens (tertiary/aromatic N) is 3. The number of benzene rings is 3. The zero-order chi connectivity index (χ0) is 21.2. The Bertz CT molecular complexity index is 1140. The van der Waals surface area contributed by atoms with Gasteiger partial charge in [-0.15, -0.1) is 0 Å². The number of hydrogen-bond acceptors (Lipinski definition) is 4. The second kappa shape index (κ2) is 8.14. The van der Waals surface area contributed by atoms with Crippen LogP contribution in [-0.2, 0) is 0 Å². The van der Waals surface area contributed by atoms with E-state index in [-0.39, 0.29) is 6.03 Å². The predicted molar refractivity (Wildman–Crippen MR) is 122 cm³/mol. The lowest BCUT2D eigenvalue weighted by atomic mass is 10.1. The molecule has 3 aromatic rings. The van der Waals surface area contributed by atoms with Gasteiger partial charge in [-0.25, -0.2) is 9.79 Å². The number of ether oxygens (including phenoxy) is 1. The molecule has 2 aliphatic rings. The molecule has 0 radical (unpaired) electrons. The van der Waals surface area contributed by atoms with Crippen LogP contribution in [0.25, 0.3) is 0 Å². The summed E-state index contributed by atoms with van der Waals surface area (Å²) in [7, 11) is 0. The van der Waals surface area contributed by atoms with Crippen LogP contribution in [0.1, 0.15) is 11.1 Å². The Balaban J connectivity index is 1.37. The van der Waals surface area contributed by atoms with Gasteiger partial charge in [-0.05, 0) is 43.3 Å². The van der Waals surface area contributed by atoms with Crippen molar-refractivity contribution in [3.05, 3.63) is 83.9 Å². The van der Waals surface area contributed by atoms with Crippen molar-refractivity contribution in [1.29, 1.82) is 0 Å². The Morgan fingerprint density at radius 1 is 0.903 bits per heavy atom. The highest BCUT2D eigenvalue weighted by molar-refractivity contribution is 6.04. The van der Waals surface area contributed by atoms with Gasteiger partial charge >= 0.3 is 6.03 Å². The highest BCUT2D eigenvalue weighted by atomic mass is 16.5. The van der Waals surface area contributed by atoms with Crippen molar-refractivity contribution >= 4 is 23.2 Å². The number of urea groups is 1. The van der Waals surface area contributed by atoms with Crippen LogP contribution in [0.5, 0.6) is 11.5 Å². The van der Waals surface area contributed by atoms with Crippen LogP contribution >= 0.6 is 0 Å². The molecule has 6 nitrogen and oxygen atoms in total. The monoisotopic (exact) mass is 412 g/mol. The van der Waals surface area contributed by atoms with Gasteiger partial charge in [-0.3, -0.25) is 0 Å². The van der Waals surface area contributed by atoms with Crippen LogP contribution in [0, 0.1) is 6.92 Å². The number of nitrogens with one attached hydrogen (secondary N) is 1. The number of piperazine rings is 1. The Labute approximate surface area is 181 Å². The molecule has 1 fully saturated rings. The van der Waals surface area contributed by atoms with Crippen LogP contribution in [-0.4, -0.2) is 47.8 Å². The first kappa shape index (κ1) is 19.2. The van der Waals surface area contributed by atoms with Crippen LogP contribution < -0.4 is 10.1 Å². The highest BCUT2D eigenvalue weighted by Crippen LogP contribution is 2.38. The first-order valence-electron chi connectivity index (χ1n) is 10.5. The smallest absolute Gasteiger partial charge is 0.321 e. The number of para-hydroxylation sites is 3. The second-order valence-electron chi connectivity index (χ2n) is 7.78. The first-order chi connectivity index (χ1) is 15.2. The van der Waals surface area contributed by atoms with Crippen molar-refractivity contribution < 1.29 is 9.53 Å². The van der Waals surface area contributed by atoms with Crippen molar-refractivity contribution in [3.63, 3.8) is 0 Å². The topological polar surface area (TPSA) is 57.2 Å². The largest absolute Gasteiger partial charge is 0.454 e. The molecule has 0 aromatic heterocycles. The third kappa shape index (κ3) is 3.97. The standard InChI is InChI=1S/C25H24N4O2/c1-18-11-12-22-20(17-18)24(27-21-9-5-6-10-23(21)31-22)28-13-15-29(16-14-28)25(30)26-19-7-3-2-4-8-19/h2-12,17H,13-16H2,1H3,(H,26,30). The summed E-state index contributed by atoms with van der Waals surface area (Å²) < 4.78 is 6.19. The van der Waals surface area contributed by atoms with Gasteiger partial charge in [0.2, 0.25) is 0 Å². The Morgan fingerprint density at radius 2 is 1.65 bits per heavy atom. The predicted octanol–water partition coefficient (Wildman–Crippen LogP) is 5.03. The summed E-state index contributed by atoms with van der Waals surface area (Å²) in [6.45, 7) is 4.73. The zero-order valence-electron chi connectivity index (χ0n) is 17.4. The highest BCUT2D eigenvalue weighted by Gasteiger charge is 2.27.